The van der Waals surface area contributed by atoms with Crippen molar-refractivity contribution in [1.82, 2.24) is 9.80 Å². The lowest BCUT2D eigenvalue weighted by molar-refractivity contribution is -0.120. The van der Waals surface area contributed by atoms with E-state index >= 15 is 0 Å². The van der Waals surface area contributed by atoms with Gasteiger partial charge in [-0.15, -0.1) is 0 Å². The van der Waals surface area contributed by atoms with Crippen LogP contribution in [-0.4, -0.2) is 68.1 Å². The van der Waals surface area contributed by atoms with E-state index in [1.807, 2.05) is 43.3 Å². The lowest BCUT2D eigenvalue weighted by Gasteiger charge is -2.36. The van der Waals surface area contributed by atoms with Gasteiger partial charge in [0.15, 0.2) is 0 Å². The van der Waals surface area contributed by atoms with Crippen molar-refractivity contribution in [3.05, 3.63) is 59.8 Å². The zero-order chi connectivity index (χ0) is 23.4. The van der Waals surface area contributed by atoms with Crippen LogP contribution in [-0.2, 0) is 9.59 Å². The van der Waals surface area contributed by atoms with E-state index in [1.165, 1.54) is 4.90 Å². The molecule has 4 rings (SSSR count). The number of likely N-dealkylation sites (N-methyl/N-ethyl adjacent to an activating group) is 1. The minimum atomic E-state index is -0.328. The van der Waals surface area contributed by atoms with Crippen molar-refractivity contribution >= 4 is 23.1 Å². The monoisotopic (exact) mass is 449 g/mol. The van der Waals surface area contributed by atoms with Crippen molar-refractivity contribution in [3.8, 4) is 11.5 Å². The third-order valence-electron chi connectivity index (χ3n) is 6.14. The van der Waals surface area contributed by atoms with Gasteiger partial charge in [0, 0.05) is 26.2 Å². The Kier molecular flexibility index (Phi) is 6.99. The number of ether oxygens (including phenoxy) is 2. The number of hydrogen-bond donors (Lipinski definition) is 0. The maximum atomic E-state index is 13.8. The molecule has 2 aromatic carbocycles. The molecule has 0 aromatic heterocycles. The third-order valence-corrected chi connectivity index (χ3v) is 6.14. The average molecular weight is 450 g/mol. The Hall–Kier alpha value is -3.32. The Morgan fingerprint density at radius 1 is 0.879 bits per heavy atom. The number of para-hydroxylation sites is 2. The fourth-order valence-corrected chi connectivity index (χ4v) is 4.31. The highest BCUT2D eigenvalue weighted by atomic mass is 16.5. The molecule has 2 amide bonds. The molecule has 0 unspecified atom stereocenters. The fourth-order valence-electron chi connectivity index (χ4n) is 4.31. The van der Waals surface area contributed by atoms with Gasteiger partial charge in [0.05, 0.1) is 25.0 Å². The first-order chi connectivity index (χ1) is 16.1. The molecule has 0 atom stereocenters. The lowest BCUT2D eigenvalue weighted by atomic mass is 10.0. The second kappa shape index (κ2) is 10.1. The van der Waals surface area contributed by atoms with E-state index in [1.54, 1.807) is 19.2 Å². The second-order valence-corrected chi connectivity index (χ2v) is 8.14. The van der Waals surface area contributed by atoms with Crippen LogP contribution in [0.1, 0.15) is 25.8 Å². The van der Waals surface area contributed by atoms with Crippen molar-refractivity contribution in [2.24, 2.45) is 0 Å². The second-order valence-electron chi connectivity index (χ2n) is 8.14. The molecule has 0 saturated carbocycles. The highest BCUT2D eigenvalue weighted by Crippen LogP contribution is 2.39. The number of carbonyl (C=O) groups is 2. The van der Waals surface area contributed by atoms with E-state index in [4.69, 9.17) is 9.47 Å². The topological polar surface area (TPSA) is 62.3 Å². The number of benzene rings is 2. The molecule has 0 radical (unpaired) electrons. The Morgan fingerprint density at radius 2 is 1.58 bits per heavy atom. The van der Waals surface area contributed by atoms with Crippen LogP contribution in [0.3, 0.4) is 0 Å². The van der Waals surface area contributed by atoms with Crippen molar-refractivity contribution in [2.45, 2.75) is 20.3 Å². The molecule has 2 aromatic rings. The molecular weight excluding hydrogens is 418 g/mol. The Balaban J connectivity index is 1.76. The van der Waals surface area contributed by atoms with Crippen LogP contribution in [0.4, 0.5) is 5.69 Å². The van der Waals surface area contributed by atoms with E-state index < -0.39 is 0 Å². The zero-order valence-corrected chi connectivity index (χ0v) is 19.5. The molecule has 0 aliphatic carbocycles. The van der Waals surface area contributed by atoms with Crippen molar-refractivity contribution in [3.63, 3.8) is 0 Å². The molecule has 33 heavy (non-hydrogen) atoms. The molecule has 2 heterocycles. The molecule has 0 N–H and O–H groups in total. The zero-order valence-electron chi connectivity index (χ0n) is 19.5. The normalized spacial score (nSPS) is 17.2. The molecule has 2 aliphatic heterocycles. The van der Waals surface area contributed by atoms with Crippen LogP contribution >= 0.6 is 0 Å². The molecule has 1 saturated heterocycles. The minimum Gasteiger partial charge on any atom is -0.497 e. The minimum absolute atomic E-state index is 0.302. The number of amides is 2. The van der Waals surface area contributed by atoms with E-state index in [0.717, 1.165) is 26.1 Å². The van der Waals surface area contributed by atoms with Gasteiger partial charge in [-0.25, -0.2) is 4.90 Å². The fraction of sp³-hybridized carbons (Fsp3) is 0.385. The number of piperazine rings is 1. The summed E-state index contributed by atoms with van der Waals surface area (Å²) in [5.41, 5.74) is 2.08. The largest absolute Gasteiger partial charge is 0.497 e. The molecule has 174 valence electrons. The molecule has 7 heteroatoms. The summed E-state index contributed by atoms with van der Waals surface area (Å²) in [6.45, 7) is 8.74. The summed E-state index contributed by atoms with van der Waals surface area (Å²) in [7, 11) is 1.60. The summed E-state index contributed by atoms with van der Waals surface area (Å²) >= 11 is 0. The van der Waals surface area contributed by atoms with Crippen molar-refractivity contribution < 1.29 is 19.1 Å². The predicted molar refractivity (Wildman–Crippen MR) is 128 cm³/mol. The number of hydrogen-bond acceptors (Lipinski definition) is 6. The number of imide groups is 1. The first-order valence-electron chi connectivity index (χ1n) is 11.6. The van der Waals surface area contributed by atoms with Gasteiger partial charge in [0.25, 0.3) is 11.8 Å². The van der Waals surface area contributed by atoms with Gasteiger partial charge < -0.3 is 19.3 Å². The van der Waals surface area contributed by atoms with Gasteiger partial charge in [0.1, 0.15) is 17.2 Å². The van der Waals surface area contributed by atoms with E-state index in [9.17, 15) is 9.59 Å². The maximum Gasteiger partial charge on any atom is 0.282 e. The number of carbonyl (C=O) groups excluding carboxylic acids is 2. The van der Waals surface area contributed by atoms with Gasteiger partial charge in [-0.3, -0.25) is 9.59 Å². The summed E-state index contributed by atoms with van der Waals surface area (Å²) < 4.78 is 11.2. The van der Waals surface area contributed by atoms with Crippen molar-refractivity contribution in [2.75, 3.05) is 51.3 Å². The molecule has 0 bridgehead atoms. The Morgan fingerprint density at radius 3 is 2.21 bits per heavy atom. The Labute approximate surface area is 195 Å². The van der Waals surface area contributed by atoms with Crippen LogP contribution < -0.4 is 14.4 Å². The number of methoxy groups -OCH3 is 1. The maximum absolute atomic E-state index is 13.8. The SMILES string of the molecule is CCCOc1ccccc1N1C(=O)C(c2ccc(OC)cc2)=C(N2CCN(CC)CC2)C1=O. The molecule has 7 nitrogen and oxygen atoms in total. The first kappa shape index (κ1) is 22.9. The highest BCUT2D eigenvalue weighted by Gasteiger charge is 2.43. The standard InChI is InChI=1S/C26H31N3O4/c1-4-18-33-22-9-7-6-8-21(22)29-25(30)23(19-10-12-20(32-3)13-11-19)24(26(29)31)28-16-14-27(5-2)15-17-28/h6-13H,4-5,14-18H2,1-3H3. The molecule has 0 spiro atoms. The van der Waals surface area contributed by atoms with Crippen LogP contribution in [0.5, 0.6) is 11.5 Å². The van der Waals surface area contributed by atoms with E-state index in [-0.39, 0.29) is 11.8 Å². The number of anilines is 1. The van der Waals surface area contributed by atoms with Crippen LogP contribution in [0, 0.1) is 0 Å². The van der Waals surface area contributed by atoms with E-state index in [2.05, 4.69) is 16.7 Å². The predicted octanol–water partition coefficient (Wildman–Crippen LogP) is 3.41. The third kappa shape index (κ3) is 4.46. The smallest absolute Gasteiger partial charge is 0.282 e. The quantitative estimate of drug-likeness (QED) is 0.576. The first-order valence-corrected chi connectivity index (χ1v) is 11.6. The summed E-state index contributed by atoms with van der Waals surface area (Å²) in [4.78, 5) is 33.3. The van der Waals surface area contributed by atoms with Crippen LogP contribution in [0.15, 0.2) is 54.2 Å². The average Bonchev–Trinajstić information content (AvgIpc) is 3.12. The van der Waals surface area contributed by atoms with Gasteiger partial charge in [-0.05, 0) is 42.8 Å². The molecule has 2 aliphatic rings. The number of rotatable bonds is 8. The summed E-state index contributed by atoms with van der Waals surface area (Å²) in [5.74, 6) is 0.602. The van der Waals surface area contributed by atoms with Crippen LogP contribution in [0.2, 0.25) is 0 Å². The molecular formula is C26H31N3O4. The summed E-state index contributed by atoms with van der Waals surface area (Å²) in [6.07, 6.45) is 0.832. The Bertz CT molecular complexity index is 1040. The molecule has 1 fully saturated rings. The van der Waals surface area contributed by atoms with Gasteiger partial charge in [-0.2, -0.15) is 0 Å². The lowest BCUT2D eigenvalue weighted by Crippen LogP contribution is -2.47. The van der Waals surface area contributed by atoms with Gasteiger partial charge in [-0.1, -0.05) is 38.1 Å². The number of nitrogens with zero attached hydrogens (tertiary/aromatic N) is 3. The van der Waals surface area contributed by atoms with Gasteiger partial charge in [0.2, 0.25) is 0 Å². The summed E-state index contributed by atoms with van der Waals surface area (Å²) in [6, 6.07) is 14.5. The van der Waals surface area contributed by atoms with Crippen molar-refractivity contribution in [1.29, 1.82) is 0 Å². The summed E-state index contributed by atoms with van der Waals surface area (Å²) in [5, 5.41) is 0. The van der Waals surface area contributed by atoms with E-state index in [0.29, 0.717) is 53.7 Å². The highest BCUT2D eigenvalue weighted by molar-refractivity contribution is 6.45. The van der Waals surface area contributed by atoms with Gasteiger partial charge >= 0.3 is 0 Å². The van der Waals surface area contributed by atoms with Crippen LogP contribution in [0.25, 0.3) is 5.57 Å².